The van der Waals surface area contributed by atoms with E-state index in [0.29, 0.717) is 28.5 Å². The quantitative estimate of drug-likeness (QED) is 0.283. The van der Waals surface area contributed by atoms with Crippen LogP contribution >= 0.6 is 19.2 Å². The molecule has 11 nitrogen and oxygen atoms in total. The number of aliphatic hydroxyl groups is 2. The number of aryl methyl sites for hydroxylation is 1. The lowest BCUT2D eigenvalue weighted by molar-refractivity contribution is -0.0617. The number of fused-ring (bicyclic) bond motifs is 1. The molecule has 2 aliphatic rings. The Kier molecular flexibility index (Phi) is 6.08. The van der Waals surface area contributed by atoms with Gasteiger partial charge in [-0.25, -0.2) is 4.98 Å². The van der Waals surface area contributed by atoms with E-state index in [0.717, 1.165) is 6.54 Å². The van der Waals surface area contributed by atoms with Crippen molar-refractivity contribution in [2.24, 2.45) is 5.92 Å². The molecular weight excluding hydrogens is 439 g/mol. The summed E-state index contributed by atoms with van der Waals surface area (Å²) in [4.78, 5) is 26.4. The highest BCUT2D eigenvalue weighted by molar-refractivity contribution is 7.51. The summed E-state index contributed by atoms with van der Waals surface area (Å²) in [5, 5.41) is 25.0. The maximum Gasteiger partial charge on any atom is 0.350 e. The van der Waals surface area contributed by atoms with Crippen molar-refractivity contribution in [2.45, 2.75) is 44.3 Å². The van der Waals surface area contributed by atoms with E-state index in [4.69, 9.17) is 30.9 Å². The zero-order valence-electron chi connectivity index (χ0n) is 16.2. The molecule has 0 aromatic carbocycles. The topological polar surface area (TPSA) is 159 Å². The van der Waals surface area contributed by atoms with Gasteiger partial charge < -0.3 is 39.4 Å². The minimum Gasteiger partial charge on any atom is -0.387 e. The van der Waals surface area contributed by atoms with Crippen molar-refractivity contribution in [1.29, 1.82) is 0 Å². The van der Waals surface area contributed by atoms with Gasteiger partial charge in [-0.1, -0.05) is 0 Å². The van der Waals surface area contributed by atoms with Gasteiger partial charge in [0.2, 0.25) is 5.28 Å². The van der Waals surface area contributed by atoms with Crippen molar-refractivity contribution in [3.63, 3.8) is 0 Å². The fraction of sp³-hybridized carbons (Fsp3) is 0.647. The number of halogens is 1. The van der Waals surface area contributed by atoms with Gasteiger partial charge in [-0.2, -0.15) is 4.98 Å². The number of rotatable bonds is 8. The van der Waals surface area contributed by atoms with Crippen LogP contribution in [0.15, 0.2) is 6.07 Å². The Morgan fingerprint density at radius 3 is 2.73 bits per heavy atom. The molecule has 1 saturated heterocycles. The highest BCUT2D eigenvalue weighted by Gasteiger charge is 2.45. The van der Waals surface area contributed by atoms with E-state index in [1.807, 2.05) is 6.07 Å². The largest absolute Gasteiger partial charge is 0.387 e. The summed E-state index contributed by atoms with van der Waals surface area (Å²) in [6.07, 6.45) is -3.01. The van der Waals surface area contributed by atoms with Crippen molar-refractivity contribution in [1.82, 2.24) is 14.5 Å². The minimum atomic E-state index is -4.35. The lowest BCUT2D eigenvalue weighted by Crippen LogP contribution is -2.34. The molecule has 4 rings (SSSR count). The molecule has 0 bridgehead atoms. The highest BCUT2D eigenvalue weighted by atomic mass is 35.5. The SMILES string of the molecule is Cc1cc2c(NCC3CC3)nc(Cl)nc2n1[C@@H]1O[C@H](COCP(=O)(O)O)[C@@H](O)[C@H]1O. The Hall–Kier alpha value is -1.30. The highest BCUT2D eigenvalue weighted by Crippen LogP contribution is 2.38. The van der Waals surface area contributed by atoms with E-state index in [1.54, 1.807) is 11.5 Å². The summed E-state index contributed by atoms with van der Waals surface area (Å²) in [5.41, 5.74) is 1.16. The zero-order valence-corrected chi connectivity index (χ0v) is 17.8. The molecule has 1 aliphatic carbocycles. The summed E-state index contributed by atoms with van der Waals surface area (Å²) in [6.45, 7) is 2.30. The van der Waals surface area contributed by atoms with Crippen LogP contribution in [0.25, 0.3) is 11.0 Å². The molecule has 1 saturated carbocycles. The molecule has 0 spiro atoms. The molecule has 4 atom stereocenters. The van der Waals surface area contributed by atoms with Gasteiger partial charge in [-0.3, -0.25) is 4.57 Å². The van der Waals surface area contributed by atoms with Crippen LogP contribution in [0.1, 0.15) is 24.8 Å². The monoisotopic (exact) mass is 462 g/mol. The standard InChI is InChI=1S/C17H24ClN4O7P/c1-8-4-10-14(19-5-9-2-3-9)20-17(18)21-15(10)22(8)16-13(24)12(23)11(29-16)6-28-7-30(25,26)27/h4,9,11-13,16,23-24H,2-3,5-7H2,1H3,(H,19,20,21)(H2,25,26,27)/t11-,12-,13-,16-/m1/s1. The van der Waals surface area contributed by atoms with Crippen molar-refractivity contribution in [3.05, 3.63) is 17.0 Å². The Morgan fingerprint density at radius 2 is 2.07 bits per heavy atom. The van der Waals surface area contributed by atoms with Crippen molar-refractivity contribution < 1.29 is 34.0 Å². The molecule has 0 unspecified atom stereocenters. The first-order valence-corrected chi connectivity index (χ1v) is 11.7. The van der Waals surface area contributed by atoms with E-state index >= 15 is 0 Å². The van der Waals surface area contributed by atoms with Crippen LogP contribution < -0.4 is 5.32 Å². The van der Waals surface area contributed by atoms with Crippen molar-refractivity contribution >= 4 is 36.0 Å². The summed E-state index contributed by atoms with van der Waals surface area (Å²) in [5.74, 6) is 1.22. The van der Waals surface area contributed by atoms with Crippen LogP contribution in [0, 0.1) is 12.8 Å². The Morgan fingerprint density at radius 1 is 1.33 bits per heavy atom. The molecule has 2 aromatic heterocycles. The average Bonchev–Trinajstić information content (AvgIpc) is 3.37. The molecule has 0 radical (unpaired) electrons. The molecule has 2 fully saturated rings. The maximum atomic E-state index is 10.9. The number of nitrogens with one attached hydrogen (secondary N) is 1. The second-order valence-electron chi connectivity index (χ2n) is 7.77. The maximum absolute atomic E-state index is 10.9. The van der Waals surface area contributed by atoms with Crippen LogP contribution in [-0.2, 0) is 14.0 Å². The predicted molar refractivity (Wildman–Crippen MR) is 107 cm³/mol. The first-order valence-electron chi connectivity index (χ1n) is 9.57. The number of aromatic nitrogens is 3. The normalized spacial score (nSPS) is 27.1. The van der Waals surface area contributed by atoms with Crippen LogP contribution in [0.4, 0.5) is 5.82 Å². The molecule has 3 heterocycles. The third kappa shape index (κ3) is 4.63. The Bertz CT molecular complexity index is 979. The van der Waals surface area contributed by atoms with Crippen molar-refractivity contribution in [3.8, 4) is 0 Å². The van der Waals surface area contributed by atoms with E-state index in [-0.39, 0.29) is 11.9 Å². The summed E-state index contributed by atoms with van der Waals surface area (Å²) in [6, 6.07) is 1.85. The van der Waals surface area contributed by atoms with Crippen molar-refractivity contribution in [2.75, 3.05) is 24.8 Å². The minimum absolute atomic E-state index is 0.0368. The van der Waals surface area contributed by atoms with E-state index in [9.17, 15) is 14.8 Å². The molecule has 13 heteroatoms. The van der Waals surface area contributed by atoms with E-state index in [2.05, 4.69) is 15.3 Å². The molecule has 2 aromatic rings. The van der Waals surface area contributed by atoms with Gasteiger partial charge in [0.25, 0.3) is 0 Å². The predicted octanol–water partition coefficient (Wildman–Crippen LogP) is 0.986. The number of hydrogen-bond donors (Lipinski definition) is 5. The van der Waals surface area contributed by atoms with Gasteiger partial charge in [-0.05, 0) is 43.4 Å². The lowest BCUT2D eigenvalue weighted by Gasteiger charge is -2.19. The molecule has 5 N–H and O–H groups in total. The van der Waals surface area contributed by atoms with Gasteiger partial charge in [0.05, 0.1) is 12.0 Å². The van der Waals surface area contributed by atoms with Gasteiger partial charge >= 0.3 is 7.60 Å². The first-order chi connectivity index (χ1) is 14.1. The third-order valence-electron chi connectivity index (χ3n) is 5.25. The summed E-state index contributed by atoms with van der Waals surface area (Å²) in [7, 11) is -4.35. The Balaban J connectivity index is 1.58. The zero-order chi connectivity index (χ0) is 21.6. The number of anilines is 1. The number of ether oxygens (including phenoxy) is 2. The fourth-order valence-corrected chi connectivity index (χ4v) is 4.09. The number of aliphatic hydroxyl groups excluding tert-OH is 2. The van der Waals surface area contributed by atoms with Gasteiger partial charge in [0.15, 0.2) is 6.23 Å². The molecule has 0 amide bonds. The third-order valence-corrected chi connectivity index (χ3v) is 5.94. The lowest BCUT2D eigenvalue weighted by atomic mass is 10.1. The van der Waals surface area contributed by atoms with E-state index < -0.39 is 38.5 Å². The number of hydrogen-bond acceptors (Lipinski definition) is 8. The van der Waals surface area contributed by atoms with Crippen LogP contribution in [0.3, 0.4) is 0 Å². The molecule has 1 aliphatic heterocycles. The van der Waals surface area contributed by atoms with Crippen LogP contribution in [0.2, 0.25) is 5.28 Å². The molecular formula is C17H24ClN4O7P. The van der Waals surface area contributed by atoms with Gasteiger partial charge in [0, 0.05) is 12.2 Å². The second kappa shape index (κ2) is 8.33. The Labute approximate surface area is 177 Å². The fourth-order valence-electron chi connectivity index (χ4n) is 3.58. The smallest absolute Gasteiger partial charge is 0.350 e. The van der Waals surface area contributed by atoms with E-state index in [1.165, 1.54) is 12.8 Å². The average molecular weight is 463 g/mol. The van der Waals surface area contributed by atoms with Gasteiger partial charge in [0.1, 0.15) is 36.1 Å². The summed E-state index contributed by atoms with van der Waals surface area (Å²) < 4.78 is 23.3. The number of nitrogens with zero attached hydrogens (tertiary/aromatic N) is 3. The second-order valence-corrected chi connectivity index (χ2v) is 9.70. The molecule has 166 valence electrons. The van der Waals surface area contributed by atoms with Gasteiger partial charge in [-0.15, -0.1) is 0 Å². The molecule has 30 heavy (non-hydrogen) atoms. The summed E-state index contributed by atoms with van der Waals surface area (Å²) >= 11 is 6.13. The van der Waals surface area contributed by atoms with Crippen LogP contribution in [-0.4, -0.2) is 72.3 Å². The van der Waals surface area contributed by atoms with Crippen LogP contribution in [0.5, 0.6) is 0 Å². The first kappa shape index (κ1) is 21.9.